The molecule has 3 aromatic rings. The molecule has 0 saturated carbocycles. The molecule has 7 nitrogen and oxygen atoms in total. The van der Waals surface area contributed by atoms with Crippen LogP contribution >= 0.6 is 0 Å². The van der Waals surface area contributed by atoms with Crippen molar-refractivity contribution in [1.29, 1.82) is 0 Å². The maximum Gasteiger partial charge on any atom is 0.264 e. The van der Waals surface area contributed by atoms with Crippen LogP contribution in [0.4, 0.5) is 5.69 Å². The van der Waals surface area contributed by atoms with E-state index >= 15 is 0 Å². The zero-order valence-corrected chi connectivity index (χ0v) is 18.6. The fraction of sp³-hybridized carbons (Fsp3) is 0.208. The first kappa shape index (κ1) is 21.7. The lowest BCUT2D eigenvalue weighted by molar-refractivity contribution is 0.0789. The van der Waals surface area contributed by atoms with E-state index < -0.39 is 15.9 Å². The van der Waals surface area contributed by atoms with Gasteiger partial charge in [-0.3, -0.25) is 9.10 Å². The number of benzene rings is 3. The quantitative estimate of drug-likeness (QED) is 0.620. The van der Waals surface area contributed by atoms with Gasteiger partial charge in [0.15, 0.2) is 11.5 Å². The number of hydrogen-bond donors (Lipinski definition) is 1. The summed E-state index contributed by atoms with van der Waals surface area (Å²) in [4.78, 5) is 13.1. The van der Waals surface area contributed by atoms with E-state index in [0.29, 0.717) is 18.1 Å². The van der Waals surface area contributed by atoms with Gasteiger partial charge in [0, 0.05) is 7.05 Å². The van der Waals surface area contributed by atoms with Gasteiger partial charge in [-0.2, -0.15) is 0 Å². The molecule has 1 aliphatic heterocycles. The van der Waals surface area contributed by atoms with Gasteiger partial charge in [-0.05, 0) is 43.3 Å². The van der Waals surface area contributed by atoms with Gasteiger partial charge in [0.2, 0.25) is 0 Å². The van der Waals surface area contributed by atoms with Crippen LogP contribution in [0.5, 0.6) is 11.5 Å². The van der Waals surface area contributed by atoms with Gasteiger partial charge < -0.3 is 14.8 Å². The number of para-hydroxylation sites is 3. The van der Waals surface area contributed by atoms with Crippen LogP contribution in [-0.4, -0.2) is 40.6 Å². The van der Waals surface area contributed by atoms with E-state index in [1.807, 2.05) is 31.2 Å². The third-order valence-corrected chi connectivity index (χ3v) is 7.01. The molecule has 0 aromatic heterocycles. The van der Waals surface area contributed by atoms with Crippen LogP contribution in [0.15, 0.2) is 77.7 Å². The summed E-state index contributed by atoms with van der Waals surface area (Å²) in [6.07, 6.45) is -0.352. The molecule has 8 heteroatoms. The van der Waals surface area contributed by atoms with Crippen LogP contribution in [0.25, 0.3) is 0 Å². The highest BCUT2D eigenvalue weighted by Gasteiger charge is 2.26. The van der Waals surface area contributed by atoms with Gasteiger partial charge in [-0.15, -0.1) is 0 Å². The van der Waals surface area contributed by atoms with Gasteiger partial charge in [-0.25, -0.2) is 8.42 Å². The summed E-state index contributed by atoms with van der Waals surface area (Å²) in [5.74, 6) is 0.902. The van der Waals surface area contributed by atoms with Gasteiger partial charge in [0.05, 0.1) is 22.7 Å². The molecular weight excluding hydrogens is 428 g/mol. The molecular formula is C24H24N2O5S. The maximum atomic E-state index is 13.1. The summed E-state index contributed by atoms with van der Waals surface area (Å²) in [6.45, 7) is 2.41. The first-order valence-corrected chi connectivity index (χ1v) is 11.6. The molecule has 0 aliphatic carbocycles. The minimum Gasteiger partial charge on any atom is -0.486 e. The number of rotatable bonds is 6. The highest BCUT2D eigenvalue weighted by Crippen LogP contribution is 2.31. The summed E-state index contributed by atoms with van der Waals surface area (Å²) >= 11 is 0. The van der Waals surface area contributed by atoms with Crippen LogP contribution < -0.4 is 19.1 Å². The second-order valence-corrected chi connectivity index (χ2v) is 9.48. The standard InChI is InChI=1S/C24H24N2O5S/c1-17-11-13-19(14-12-17)32(28,29)26(2)21-8-4-3-7-20(21)24(27)25-15-18-16-30-22-9-5-6-10-23(22)31-18/h3-14,18H,15-16H2,1-2H3,(H,25,27)/t18-/m1/s1. The zero-order valence-electron chi connectivity index (χ0n) is 17.8. The van der Waals surface area contributed by atoms with Crippen molar-refractivity contribution in [3.8, 4) is 11.5 Å². The summed E-state index contributed by atoms with van der Waals surface area (Å²) in [6, 6.07) is 20.5. The fourth-order valence-corrected chi connectivity index (χ4v) is 4.62. The SMILES string of the molecule is Cc1ccc(S(=O)(=O)N(C)c2ccccc2C(=O)NC[C@@H]2COc3ccccc3O2)cc1. The van der Waals surface area contributed by atoms with Crippen LogP contribution in [-0.2, 0) is 10.0 Å². The van der Waals surface area contributed by atoms with Crippen molar-refractivity contribution >= 4 is 21.6 Å². The number of nitrogens with one attached hydrogen (secondary N) is 1. The van der Waals surface area contributed by atoms with Crippen LogP contribution in [0, 0.1) is 6.92 Å². The normalized spacial score (nSPS) is 15.1. The Morgan fingerprint density at radius 1 is 1.00 bits per heavy atom. The summed E-state index contributed by atoms with van der Waals surface area (Å²) in [5, 5.41) is 2.83. The molecule has 0 radical (unpaired) electrons. The van der Waals surface area contributed by atoms with E-state index in [4.69, 9.17) is 9.47 Å². The number of fused-ring (bicyclic) bond motifs is 1. The van der Waals surface area contributed by atoms with Gasteiger partial charge in [-0.1, -0.05) is 42.0 Å². The molecule has 1 atom stereocenters. The number of anilines is 1. The van der Waals surface area contributed by atoms with E-state index in [9.17, 15) is 13.2 Å². The van der Waals surface area contributed by atoms with E-state index in [-0.39, 0.29) is 28.8 Å². The average molecular weight is 453 g/mol. The smallest absolute Gasteiger partial charge is 0.264 e. The molecule has 1 heterocycles. The monoisotopic (exact) mass is 452 g/mol. The van der Waals surface area contributed by atoms with E-state index in [0.717, 1.165) is 9.87 Å². The highest BCUT2D eigenvalue weighted by atomic mass is 32.2. The number of carbonyl (C=O) groups excluding carboxylic acids is 1. The predicted molar refractivity (Wildman–Crippen MR) is 122 cm³/mol. The van der Waals surface area contributed by atoms with Crippen LogP contribution in [0.1, 0.15) is 15.9 Å². The van der Waals surface area contributed by atoms with E-state index in [2.05, 4.69) is 5.32 Å². The summed E-state index contributed by atoms with van der Waals surface area (Å²) in [5.41, 5.74) is 1.50. The van der Waals surface area contributed by atoms with Crippen molar-refractivity contribution in [2.75, 3.05) is 24.5 Å². The first-order valence-electron chi connectivity index (χ1n) is 10.2. The van der Waals surface area contributed by atoms with Crippen molar-refractivity contribution in [2.24, 2.45) is 0 Å². The molecule has 166 valence electrons. The van der Waals surface area contributed by atoms with Crippen molar-refractivity contribution in [1.82, 2.24) is 5.32 Å². The van der Waals surface area contributed by atoms with E-state index in [1.54, 1.807) is 48.5 Å². The molecule has 0 unspecified atom stereocenters. The second kappa shape index (κ2) is 8.92. The molecule has 1 amide bonds. The molecule has 3 aromatic carbocycles. The molecule has 1 N–H and O–H groups in total. The van der Waals surface area contributed by atoms with Gasteiger partial charge in [0.1, 0.15) is 12.7 Å². The van der Waals surface area contributed by atoms with Gasteiger partial charge in [0.25, 0.3) is 15.9 Å². The molecule has 0 spiro atoms. The topological polar surface area (TPSA) is 84.9 Å². The fourth-order valence-electron chi connectivity index (χ4n) is 3.40. The molecule has 0 saturated heterocycles. The molecule has 0 bridgehead atoms. The van der Waals surface area contributed by atoms with Crippen molar-refractivity contribution in [2.45, 2.75) is 17.9 Å². The number of ether oxygens (including phenoxy) is 2. The molecule has 4 rings (SSSR count). The molecule has 0 fully saturated rings. The number of hydrogen-bond acceptors (Lipinski definition) is 5. The number of carbonyl (C=O) groups is 1. The Morgan fingerprint density at radius 2 is 1.66 bits per heavy atom. The summed E-state index contributed by atoms with van der Waals surface area (Å²) < 4.78 is 38.9. The van der Waals surface area contributed by atoms with Crippen molar-refractivity contribution in [3.05, 3.63) is 83.9 Å². The minimum absolute atomic E-state index is 0.159. The Morgan fingerprint density at radius 3 is 2.41 bits per heavy atom. The first-order chi connectivity index (χ1) is 15.4. The predicted octanol–water partition coefficient (Wildman–Crippen LogP) is 3.39. The Labute approximate surface area is 187 Å². The van der Waals surface area contributed by atoms with Crippen molar-refractivity contribution < 1.29 is 22.7 Å². The van der Waals surface area contributed by atoms with Crippen LogP contribution in [0.3, 0.4) is 0 Å². The molecule has 1 aliphatic rings. The highest BCUT2D eigenvalue weighted by molar-refractivity contribution is 7.92. The maximum absolute atomic E-state index is 13.1. The lowest BCUT2D eigenvalue weighted by Gasteiger charge is -2.27. The van der Waals surface area contributed by atoms with Crippen LogP contribution in [0.2, 0.25) is 0 Å². The Hall–Kier alpha value is -3.52. The van der Waals surface area contributed by atoms with E-state index in [1.165, 1.54) is 7.05 Å². The van der Waals surface area contributed by atoms with Gasteiger partial charge >= 0.3 is 0 Å². The number of aryl methyl sites for hydroxylation is 1. The summed E-state index contributed by atoms with van der Waals surface area (Å²) in [7, 11) is -2.38. The number of amides is 1. The third-order valence-electron chi connectivity index (χ3n) is 5.23. The molecule has 32 heavy (non-hydrogen) atoms. The number of sulfonamides is 1. The van der Waals surface area contributed by atoms with Crippen molar-refractivity contribution in [3.63, 3.8) is 0 Å². The second-order valence-electron chi connectivity index (χ2n) is 7.51. The lowest BCUT2D eigenvalue weighted by atomic mass is 10.1. The number of nitrogens with zero attached hydrogens (tertiary/aromatic N) is 1. The Kier molecular flexibility index (Phi) is 6.05. The third kappa shape index (κ3) is 4.40. The lowest BCUT2D eigenvalue weighted by Crippen LogP contribution is -2.41. The Balaban J connectivity index is 1.49. The zero-order chi connectivity index (χ0) is 22.7. The average Bonchev–Trinajstić information content (AvgIpc) is 2.82. The largest absolute Gasteiger partial charge is 0.486 e. The Bertz CT molecular complexity index is 1230. The minimum atomic E-state index is -3.83.